The molecule has 2 aliphatic rings. The van der Waals surface area contributed by atoms with Crippen molar-refractivity contribution in [2.75, 3.05) is 39.6 Å². The maximum atomic E-state index is 12.4. The minimum atomic E-state index is -4.90. The highest BCUT2D eigenvalue weighted by atomic mass is 31.2. The molecule has 0 aromatic heterocycles. The highest BCUT2D eigenvalue weighted by Crippen LogP contribution is 2.52. The van der Waals surface area contributed by atoms with E-state index in [0.29, 0.717) is 0 Å². The van der Waals surface area contributed by atoms with E-state index in [0.717, 1.165) is 0 Å². The summed E-state index contributed by atoms with van der Waals surface area (Å²) in [6, 6.07) is 0. The van der Waals surface area contributed by atoms with Crippen molar-refractivity contribution in [3.63, 3.8) is 0 Å². The van der Waals surface area contributed by atoms with E-state index >= 15 is 0 Å². The van der Waals surface area contributed by atoms with Gasteiger partial charge in [-0.15, -0.1) is 0 Å². The van der Waals surface area contributed by atoms with Crippen molar-refractivity contribution >= 4 is 23.5 Å². The number of hydrogen-bond acceptors (Lipinski definition) is 15. The summed E-state index contributed by atoms with van der Waals surface area (Å²) in [6.07, 6.45) is -13.2. The van der Waals surface area contributed by atoms with E-state index in [1.165, 1.54) is 20.8 Å². The van der Waals surface area contributed by atoms with Crippen molar-refractivity contribution in [2.24, 2.45) is 0 Å². The van der Waals surface area contributed by atoms with Gasteiger partial charge in [-0.25, -0.2) is 13.7 Å². The number of aliphatic hydroxyl groups is 3. The Morgan fingerprint density at radius 1 is 0.737 bits per heavy atom. The van der Waals surface area contributed by atoms with Crippen LogP contribution in [0.1, 0.15) is 20.8 Å². The SMILES string of the molecule is CCOP(=O)(O)O[C@@H]1[C@@H](O)[C@@H](OC2[C@@H](OP(=O)(O)OCC)CO[C@@H]2CO)O[C@H](CO)[C@H]1OP(=O)(O)OCC. The largest absolute Gasteiger partial charge is 0.472 e. The van der Waals surface area contributed by atoms with Crippen LogP contribution in [0.15, 0.2) is 0 Å². The fraction of sp³-hybridized carbons (Fsp3) is 1.00. The Morgan fingerprint density at radius 2 is 1.21 bits per heavy atom. The van der Waals surface area contributed by atoms with Crippen molar-refractivity contribution in [3.05, 3.63) is 0 Å². The van der Waals surface area contributed by atoms with Crippen LogP contribution < -0.4 is 0 Å². The molecular weight excluding hydrogens is 585 g/mol. The zero-order chi connectivity index (χ0) is 28.7. The van der Waals surface area contributed by atoms with Gasteiger partial charge in [-0.3, -0.25) is 27.1 Å². The molecule has 0 bridgehead atoms. The molecule has 2 fully saturated rings. The standard InChI is InChI=1S/C17H35O18P3/c1-4-28-36(21,22)33-12-9-27-10(7-18)14(12)32-17-13(20)16(35-38(25,26)30-6-3)15(11(8-19)31-17)34-37(23,24)29-5-2/h10-20H,4-9H2,1-3H3,(H,21,22)(H,23,24)(H,25,26)/t10-,11-,12+,13-,14?,15-,16-,17-/m1/s1. The Balaban J connectivity index is 2.36. The molecule has 0 aromatic rings. The molecule has 2 heterocycles. The second kappa shape index (κ2) is 14.8. The Hall–Kier alpha value is 0.0900. The third-order valence-corrected chi connectivity index (χ3v) is 8.44. The van der Waals surface area contributed by atoms with Gasteiger partial charge in [-0.2, -0.15) is 0 Å². The monoisotopic (exact) mass is 620 g/mol. The molecule has 11 atom stereocenters. The molecule has 0 saturated carbocycles. The lowest BCUT2D eigenvalue weighted by Gasteiger charge is -2.44. The summed E-state index contributed by atoms with van der Waals surface area (Å²) in [5, 5.41) is 30.5. The number of phosphoric ester groups is 3. The summed E-state index contributed by atoms with van der Waals surface area (Å²) in [4.78, 5) is 29.8. The fourth-order valence-electron chi connectivity index (χ4n) is 3.68. The lowest BCUT2D eigenvalue weighted by molar-refractivity contribution is -0.313. The molecule has 2 rings (SSSR count). The van der Waals surface area contributed by atoms with Crippen LogP contribution >= 0.6 is 23.5 Å². The lowest BCUT2D eigenvalue weighted by Crippen LogP contribution is -2.61. The Kier molecular flexibility index (Phi) is 13.4. The van der Waals surface area contributed by atoms with E-state index in [1.807, 2.05) is 0 Å². The van der Waals surface area contributed by atoms with Crippen LogP contribution in [0, 0.1) is 0 Å². The van der Waals surface area contributed by atoms with Crippen LogP contribution in [-0.4, -0.2) is 119 Å². The lowest BCUT2D eigenvalue weighted by atomic mass is 9.99. The van der Waals surface area contributed by atoms with Crippen LogP contribution in [0.4, 0.5) is 0 Å². The molecule has 21 heteroatoms. The zero-order valence-corrected chi connectivity index (χ0v) is 23.5. The van der Waals surface area contributed by atoms with E-state index in [9.17, 15) is 43.7 Å². The molecule has 2 saturated heterocycles. The fourth-order valence-corrected chi connectivity index (χ4v) is 6.48. The Bertz CT molecular complexity index is 875. The van der Waals surface area contributed by atoms with Crippen LogP contribution in [0.5, 0.6) is 0 Å². The average Bonchev–Trinajstić information content (AvgIpc) is 3.17. The third-order valence-electron chi connectivity index (χ3n) is 5.13. The topological polar surface area (TPSA) is 256 Å². The average molecular weight is 620 g/mol. The summed E-state index contributed by atoms with van der Waals surface area (Å²) in [5.74, 6) is 0. The number of phosphoric acid groups is 3. The second-order valence-corrected chi connectivity index (χ2v) is 12.0. The molecule has 0 spiro atoms. The molecule has 6 N–H and O–H groups in total. The smallest absolute Gasteiger partial charge is 0.394 e. The van der Waals surface area contributed by atoms with E-state index in [1.54, 1.807) is 0 Å². The maximum absolute atomic E-state index is 12.4. The maximum Gasteiger partial charge on any atom is 0.472 e. The quantitative estimate of drug-likeness (QED) is 0.118. The van der Waals surface area contributed by atoms with Gasteiger partial charge in [-0.05, 0) is 20.8 Å². The zero-order valence-electron chi connectivity index (χ0n) is 20.8. The summed E-state index contributed by atoms with van der Waals surface area (Å²) in [5.41, 5.74) is 0. The van der Waals surface area contributed by atoms with Gasteiger partial charge in [-0.1, -0.05) is 0 Å². The first-order valence-electron chi connectivity index (χ1n) is 11.5. The highest BCUT2D eigenvalue weighted by molar-refractivity contribution is 7.48. The van der Waals surface area contributed by atoms with Gasteiger partial charge in [0, 0.05) is 0 Å². The van der Waals surface area contributed by atoms with Crippen molar-refractivity contribution < 1.29 is 85.0 Å². The van der Waals surface area contributed by atoms with Crippen molar-refractivity contribution in [2.45, 2.75) is 69.8 Å². The van der Waals surface area contributed by atoms with Gasteiger partial charge in [0.25, 0.3) is 0 Å². The van der Waals surface area contributed by atoms with E-state index in [4.69, 9.17) is 27.8 Å². The first-order valence-corrected chi connectivity index (χ1v) is 16.0. The van der Waals surface area contributed by atoms with Crippen molar-refractivity contribution in [1.29, 1.82) is 0 Å². The van der Waals surface area contributed by atoms with Gasteiger partial charge in [0.05, 0.1) is 39.6 Å². The number of aliphatic hydroxyl groups excluding tert-OH is 3. The minimum Gasteiger partial charge on any atom is -0.394 e. The van der Waals surface area contributed by atoms with Gasteiger partial charge in [0.15, 0.2) is 6.29 Å². The Labute approximate surface area is 218 Å². The first kappa shape index (κ1) is 34.3. The van der Waals surface area contributed by atoms with Gasteiger partial charge in [0.2, 0.25) is 0 Å². The molecule has 0 radical (unpaired) electrons. The summed E-state index contributed by atoms with van der Waals surface area (Å²) >= 11 is 0. The normalized spacial score (nSPS) is 36.9. The van der Waals surface area contributed by atoms with Crippen molar-refractivity contribution in [1.82, 2.24) is 0 Å². The summed E-state index contributed by atoms with van der Waals surface area (Å²) < 4.78 is 82.3. The summed E-state index contributed by atoms with van der Waals surface area (Å²) in [7, 11) is -14.3. The highest BCUT2D eigenvalue weighted by Gasteiger charge is 2.54. The third kappa shape index (κ3) is 9.58. The molecule has 226 valence electrons. The molecule has 38 heavy (non-hydrogen) atoms. The minimum absolute atomic E-state index is 0.170. The van der Waals surface area contributed by atoms with Crippen molar-refractivity contribution in [3.8, 4) is 0 Å². The van der Waals surface area contributed by atoms with Crippen LogP contribution in [0.25, 0.3) is 0 Å². The molecule has 0 aliphatic carbocycles. The van der Waals surface area contributed by atoms with Crippen LogP contribution in [0.3, 0.4) is 0 Å². The molecule has 0 aromatic carbocycles. The van der Waals surface area contributed by atoms with Crippen LogP contribution in [-0.2, 0) is 55.0 Å². The molecule has 0 amide bonds. The second-order valence-electron chi connectivity index (χ2n) is 7.81. The molecule has 2 aliphatic heterocycles. The molecular formula is C17H35O18P3. The van der Waals surface area contributed by atoms with Gasteiger partial charge >= 0.3 is 23.5 Å². The number of rotatable bonds is 16. The summed E-state index contributed by atoms with van der Waals surface area (Å²) in [6.45, 7) is 1.52. The van der Waals surface area contributed by atoms with E-state index in [2.05, 4.69) is 13.6 Å². The van der Waals surface area contributed by atoms with Gasteiger partial charge in [0.1, 0.15) is 42.7 Å². The Morgan fingerprint density at radius 3 is 1.68 bits per heavy atom. The predicted octanol–water partition coefficient (Wildman–Crippen LogP) is -0.593. The van der Waals surface area contributed by atoms with E-state index in [-0.39, 0.29) is 26.4 Å². The van der Waals surface area contributed by atoms with E-state index < -0.39 is 85.7 Å². The number of hydrogen-bond donors (Lipinski definition) is 6. The molecule has 4 unspecified atom stereocenters. The molecule has 18 nitrogen and oxygen atoms in total. The number of ether oxygens (including phenoxy) is 3. The first-order chi connectivity index (χ1) is 17.7. The predicted molar refractivity (Wildman–Crippen MR) is 122 cm³/mol. The van der Waals surface area contributed by atoms with Gasteiger partial charge < -0.3 is 44.2 Å². The van der Waals surface area contributed by atoms with Crippen LogP contribution in [0.2, 0.25) is 0 Å².